The molecule has 0 bridgehead atoms. The Morgan fingerprint density at radius 3 is 2.29 bits per heavy atom. The zero-order chi connectivity index (χ0) is 12.7. The van der Waals surface area contributed by atoms with Crippen LogP contribution in [0, 0.1) is 0 Å². The first kappa shape index (κ1) is 14.3. The molecule has 3 nitrogen and oxygen atoms in total. The van der Waals surface area contributed by atoms with Gasteiger partial charge in [-0.25, -0.2) is 4.57 Å². The van der Waals surface area contributed by atoms with Gasteiger partial charge in [-0.2, -0.15) is 0 Å². The molecule has 0 aliphatic heterocycles. The van der Waals surface area contributed by atoms with Crippen LogP contribution in [-0.4, -0.2) is 36.1 Å². The molecule has 0 aromatic carbocycles. The molecule has 0 atom stereocenters. The van der Waals surface area contributed by atoms with E-state index < -0.39 is 0 Å². The Morgan fingerprint density at radius 2 is 1.76 bits per heavy atom. The summed E-state index contributed by atoms with van der Waals surface area (Å²) >= 11 is 0. The third kappa shape index (κ3) is 3.88. The summed E-state index contributed by atoms with van der Waals surface area (Å²) in [5.74, 6) is 0. The minimum absolute atomic E-state index is 1.04. The van der Waals surface area contributed by atoms with Crippen molar-refractivity contribution in [2.45, 2.75) is 47.1 Å². The van der Waals surface area contributed by atoms with Crippen LogP contribution in [0.15, 0.2) is 18.7 Å². The van der Waals surface area contributed by atoms with Crippen LogP contribution in [0.5, 0.6) is 0 Å². The fourth-order valence-corrected chi connectivity index (χ4v) is 2.15. The fourth-order valence-electron chi connectivity index (χ4n) is 2.15. The minimum atomic E-state index is 1.04. The first-order chi connectivity index (χ1) is 8.19. The van der Waals surface area contributed by atoms with E-state index in [4.69, 9.17) is 0 Å². The van der Waals surface area contributed by atoms with Crippen molar-refractivity contribution < 1.29 is 8.87 Å². The molecule has 0 saturated carbocycles. The highest BCUT2D eigenvalue weighted by Crippen LogP contribution is 2.01. The molecule has 1 aromatic heterocycles. The van der Waals surface area contributed by atoms with Gasteiger partial charge in [0, 0.05) is 19.6 Å². The molecule has 0 unspecified atom stereocenters. The SMILES string of the molecule is CCCCn1cc[n+]([B-][N+](CC)(CC)CC)c1. The second-order valence-corrected chi connectivity index (χ2v) is 4.73. The summed E-state index contributed by atoms with van der Waals surface area (Å²) in [7, 11) is 2.34. The van der Waals surface area contributed by atoms with Crippen LogP contribution in [0.25, 0.3) is 0 Å². The highest BCUT2D eigenvalue weighted by molar-refractivity contribution is 6.14. The number of hydrogen-bond acceptors (Lipinski definition) is 0. The number of unbranched alkanes of at least 4 members (excludes halogenated alkanes) is 1. The smallest absolute Gasteiger partial charge is 0.282 e. The van der Waals surface area contributed by atoms with Gasteiger partial charge in [0.1, 0.15) is 6.20 Å². The average Bonchev–Trinajstić information content (AvgIpc) is 2.81. The third-order valence-electron chi connectivity index (χ3n) is 3.75. The topological polar surface area (TPSA) is 8.81 Å². The molecule has 0 fully saturated rings. The first-order valence-corrected chi connectivity index (χ1v) is 6.98. The van der Waals surface area contributed by atoms with E-state index in [0.29, 0.717) is 0 Å². The van der Waals surface area contributed by atoms with Crippen molar-refractivity contribution in [3.63, 3.8) is 0 Å². The highest BCUT2D eigenvalue weighted by Gasteiger charge is 2.14. The summed E-state index contributed by atoms with van der Waals surface area (Å²) in [5.41, 5.74) is 0. The lowest BCUT2D eigenvalue weighted by Crippen LogP contribution is -2.62. The van der Waals surface area contributed by atoms with Gasteiger partial charge in [-0.3, -0.25) is 0 Å². The van der Waals surface area contributed by atoms with E-state index in [2.05, 4.69) is 63.0 Å². The lowest BCUT2D eigenvalue weighted by atomic mass is 10.0. The van der Waals surface area contributed by atoms with Gasteiger partial charge in [-0.1, -0.05) is 13.3 Å². The van der Waals surface area contributed by atoms with Crippen molar-refractivity contribution in [2.24, 2.45) is 0 Å². The molecule has 17 heavy (non-hydrogen) atoms. The van der Waals surface area contributed by atoms with E-state index in [-0.39, 0.29) is 0 Å². The largest absolute Gasteiger partial charge is 0.520 e. The zero-order valence-corrected chi connectivity index (χ0v) is 11.9. The normalized spacial score (nSPS) is 12.0. The van der Waals surface area contributed by atoms with Crippen molar-refractivity contribution in [3.05, 3.63) is 18.7 Å². The number of aromatic nitrogens is 2. The number of hydrogen-bond donors (Lipinski definition) is 0. The van der Waals surface area contributed by atoms with E-state index in [1.165, 1.54) is 12.8 Å². The Hall–Kier alpha value is -0.765. The molecule has 2 radical (unpaired) electrons. The number of aryl methyl sites for hydroxylation is 1. The van der Waals surface area contributed by atoms with Crippen molar-refractivity contribution in [1.82, 2.24) is 4.57 Å². The second kappa shape index (κ2) is 6.85. The Bertz CT molecular complexity index is 310. The van der Waals surface area contributed by atoms with Gasteiger partial charge in [0.25, 0.3) is 7.55 Å². The minimum Gasteiger partial charge on any atom is -0.520 e. The summed E-state index contributed by atoms with van der Waals surface area (Å²) in [6, 6.07) is 0. The maximum absolute atomic E-state index is 2.34. The number of imidazole rings is 1. The van der Waals surface area contributed by atoms with Crippen LogP contribution in [0.3, 0.4) is 0 Å². The number of quaternary nitrogens is 1. The Balaban J connectivity index is 2.63. The third-order valence-corrected chi connectivity index (χ3v) is 3.75. The monoisotopic (exact) mass is 236 g/mol. The van der Waals surface area contributed by atoms with Crippen LogP contribution in [0.1, 0.15) is 40.5 Å². The Kier molecular flexibility index (Phi) is 5.76. The van der Waals surface area contributed by atoms with Gasteiger partial charge in [-0.05, 0) is 27.2 Å². The predicted molar refractivity (Wildman–Crippen MR) is 72.6 cm³/mol. The average molecular weight is 236 g/mol. The molecular formula is C13H27BN3+. The Morgan fingerprint density at radius 1 is 1.12 bits per heavy atom. The standard InChI is InChI=1S/C13H27BN3/c1-5-9-10-15-11-12-16(13-15)14-17(6-2,7-3)8-4/h11-13H,5-10H2,1-4H3/q+1. The highest BCUT2D eigenvalue weighted by atomic mass is 15.3. The van der Waals surface area contributed by atoms with Crippen molar-refractivity contribution >= 4 is 7.55 Å². The summed E-state index contributed by atoms with van der Waals surface area (Å²) < 4.78 is 5.53. The van der Waals surface area contributed by atoms with Crippen molar-refractivity contribution in [1.29, 1.82) is 0 Å². The molecule has 0 N–H and O–H groups in total. The number of nitrogens with zero attached hydrogens (tertiary/aromatic N) is 3. The molecule has 0 aliphatic carbocycles. The van der Waals surface area contributed by atoms with Gasteiger partial charge in [0.2, 0.25) is 0 Å². The lowest BCUT2D eigenvalue weighted by molar-refractivity contribution is -0.856. The molecule has 1 aromatic rings. The van der Waals surface area contributed by atoms with E-state index >= 15 is 0 Å². The molecule has 0 saturated heterocycles. The maximum atomic E-state index is 2.34. The molecule has 0 amide bonds. The molecule has 0 spiro atoms. The van der Waals surface area contributed by atoms with Gasteiger partial charge < -0.3 is 8.87 Å². The van der Waals surface area contributed by atoms with Crippen LogP contribution in [-0.2, 0) is 6.54 Å². The van der Waals surface area contributed by atoms with Crippen molar-refractivity contribution in [2.75, 3.05) is 19.6 Å². The van der Waals surface area contributed by atoms with Crippen LogP contribution >= 0.6 is 0 Å². The van der Waals surface area contributed by atoms with Gasteiger partial charge in [0.15, 0.2) is 6.33 Å². The summed E-state index contributed by atoms with van der Waals surface area (Å²) in [6.45, 7) is 13.6. The molecular weight excluding hydrogens is 209 g/mol. The van der Waals surface area contributed by atoms with E-state index in [9.17, 15) is 0 Å². The molecule has 1 heterocycles. The second-order valence-electron chi connectivity index (χ2n) is 4.73. The summed E-state index contributed by atoms with van der Waals surface area (Å²) in [4.78, 5) is 0. The van der Waals surface area contributed by atoms with Crippen molar-refractivity contribution in [3.8, 4) is 0 Å². The van der Waals surface area contributed by atoms with Crippen LogP contribution in [0.2, 0.25) is 0 Å². The zero-order valence-electron chi connectivity index (χ0n) is 11.9. The predicted octanol–water partition coefficient (Wildman–Crippen LogP) is 1.83. The van der Waals surface area contributed by atoms with E-state index in [1.54, 1.807) is 0 Å². The van der Waals surface area contributed by atoms with Gasteiger partial charge >= 0.3 is 0 Å². The molecule has 4 heteroatoms. The fraction of sp³-hybridized carbons (Fsp3) is 0.769. The molecule has 1 rings (SSSR count). The van der Waals surface area contributed by atoms with E-state index in [1.807, 2.05) is 0 Å². The van der Waals surface area contributed by atoms with Gasteiger partial charge in [-0.15, -0.1) is 0 Å². The van der Waals surface area contributed by atoms with Crippen LogP contribution < -0.4 is 4.48 Å². The quantitative estimate of drug-likeness (QED) is 0.609. The lowest BCUT2D eigenvalue weighted by Gasteiger charge is -2.45. The summed E-state index contributed by atoms with van der Waals surface area (Å²) in [6.07, 6.45) is 9.03. The first-order valence-electron chi connectivity index (χ1n) is 6.98. The van der Waals surface area contributed by atoms with Gasteiger partial charge in [0.05, 0.1) is 12.7 Å². The molecule has 0 aliphatic rings. The molecule has 96 valence electrons. The maximum Gasteiger partial charge on any atom is 0.282 e. The van der Waals surface area contributed by atoms with E-state index in [0.717, 1.165) is 30.6 Å². The Labute approximate surface area is 107 Å². The van der Waals surface area contributed by atoms with Crippen LogP contribution in [0.4, 0.5) is 0 Å². The summed E-state index contributed by atoms with van der Waals surface area (Å²) in [5, 5.41) is 0. The number of rotatable bonds is 8.